The Bertz CT molecular complexity index is 1030. The van der Waals surface area contributed by atoms with E-state index in [0.29, 0.717) is 34.2 Å². The first kappa shape index (κ1) is 22.7. The normalized spacial score (nSPS) is 11.2. The number of carbonyl (C=O) groups excluding carboxylic acids is 2. The second kappa shape index (κ2) is 9.74. The highest BCUT2D eigenvalue weighted by Gasteiger charge is 2.10. The summed E-state index contributed by atoms with van der Waals surface area (Å²) >= 11 is 0. The lowest BCUT2D eigenvalue weighted by atomic mass is 10.0. The van der Waals surface area contributed by atoms with Gasteiger partial charge < -0.3 is 14.2 Å². The van der Waals surface area contributed by atoms with Crippen LogP contribution in [0, 0.1) is 6.92 Å². The molecule has 0 saturated carbocycles. The summed E-state index contributed by atoms with van der Waals surface area (Å²) in [7, 11) is 0. The number of carbonyl (C=O) groups is 2. The first-order valence-corrected chi connectivity index (χ1v) is 9.40. The number of benzene rings is 2. The molecule has 156 valence electrons. The van der Waals surface area contributed by atoms with Gasteiger partial charge in [0.1, 0.15) is 23.0 Å². The molecule has 0 bridgehead atoms. The van der Waals surface area contributed by atoms with E-state index in [1.54, 1.807) is 39.8 Å². The van der Waals surface area contributed by atoms with Crippen molar-refractivity contribution in [2.45, 2.75) is 34.6 Å². The summed E-state index contributed by atoms with van der Waals surface area (Å²) in [6.07, 6.45) is 0. The third-order valence-corrected chi connectivity index (χ3v) is 4.28. The molecule has 0 N–H and O–H groups in total. The van der Waals surface area contributed by atoms with Gasteiger partial charge >= 0.3 is 11.9 Å². The molecule has 2 aromatic rings. The summed E-state index contributed by atoms with van der Waals surface area (Å²) in [5.41, 5.74) is 3.67. The number of aryl methyl sites for hydroxylation is 1. The molecule has 30 heavy (non-hydrogen) atoms. The van der Waals surface area contributed by atoms with Crippen LogP contribution in [0.15, 0.2) is 78.3 Å². The van der Waals surface area contributed by atoms with E-state index < -0.39 is 11.9 Å². The van der Waals surface area contributed by atoms with Gasteiger partial charge in [-0.3, -0.25) is 0 Å². The molecule has 0 aliphatic heterocycles. The van der Waals surface area contributed by atoms with Crippen LogP contribution in [0.1, 0.15) is 33.3 Å². The third-order valence-electron chi connectivity index (χ3n) is 4.28. The molecule has 0 heterocycles. The minimum absolute atomic E-state index is 0.322. The van der Waals surface area contributed by atoms with Crippen molar-refractivity contribution in [1.82, 2.24) is 0 Å². The molecule has 0 fully saturated rings. The maximum atomic E-state index is 11.6. The van der Waals surface area contributed by atoms with Crippen molar-refractivity contribution in [3.05, 3.63) is 83.9 Å². The van der Waals surface area contributed by atoms with Gasteiger partial charge in [0.15, 0.2) is 0 Å². The summed E-state index contributed by atoms with van der Waals surface area (Å²) in [6.45, 7) is 15.7. The van der Waals surface area contributed by atoms with Gasteiger partial charge in [-0.15, -0.1) is 0 Å². The van der Waals surface area contributed by atoms with Crippen LogP contribution in [-0.2, 0) is 14.3 Å². The maximum absolute atomic E-state index is 11.6. The Morgan fingerprint density at radius 2 is 1.30 bits per heavy atom. The van der Waals surface area contributed by atoms with Crippen LogP contribution in [0.5, 0.6) is 11.5 Å². The Hall–Kier alpha value is -3.60. The summed E-state index contributed by atoms with van der Waals surface area (Å²) < 4.78 is 16.2. The lowest BCUT2D eigenvalue weighted by Gasteiger charge is -2.13. The average Bonchev–Trinajstić information content (AvgIpc) is 2.68. The van der Waals surface area contributed by atoms with Crippen molar-refractivity contribution < 1.29 is 23.8 Å². The van der Waals surface area contributed by atoms with E-state index in [1.165, 1.54) is 0 Å². The Morgan fingerprint density at radius 3 is 1.83 bits per heavy atom. The zero-order valence-electron chi connectivity index (χ0n) is 18.0. The van der Waals surface area contributed by atoms with Crippen molar-refractivity contribution >= 4 is 11.9 Å². The molecule has 0 spiro atoms. The predicted molar refractivity (Wildman–Crippen MR) is 117 cm³/mol. The molecule has 0 saturated heterocycles. The van der Waals surface area contributed by atoms with Crippen LogP contribution < -0.4 is 9.47 Å². The zero-order valence-corrected chi connectivity index (χ0v) is 18.0. The molecule has 0 atom stereocenters. The first-order chi connectivity index (χ1) is 14.1. The Balaban J connectivity index is 2.15. The van der Waals surface area contributed by atoms with Crippen LogP contribution in [0.2, 0.25) is 0 Å². The summed E-state index contributed by atoms with van der Waals surface area (Å²) in [5, 5.41) is 0. The van der Waals surface area contributed by atoms with Gasteiger partial charge in [-0.25, -0.2) is 9.59 Å². The second-order valence-electron chi connectivity index (χ2n) is 7.06. The number of ether oxygens (including phenoxy) is 3. The molecule has 0 aromatic heterocycles. The number of hydrogen-bond donors (Lipinski definition) is 0. The van der Waals surface area contributed by atoms with E-state index in [0.717, 1.165) is 16.7 Å². The highest BCUT2D eigenvalue weighted by Crippen LogP contribution is 2.29. The lowest BCUT2D eigenvalue weighted by Crippen LogP contribution is -2.07. The third kappa shape index (κ3) is 5.95. The van der Waals surface area contributed by atoms with Crippen LogP contribution >= 0.6 is 0 Å². The maximum Gasteiger partial charge on any atom is 0.338 e. The Labute approximate surface area is 177 Å². The molecule has 2 rings (SSSR count). The molecule has 5 nitrogen and oxygen atoms in total. The number of esters is 2. The van der Waals surface area contributed by atoms with Crippen molar-refractivity contribution in [1.29, 1.82) is 0 Å². The number of hydrogen-bond acceptors (Lipinski definition) is 5. The summed E-state index contributed by atoms with van der Waals surface area (Å²) in [4.78, 5) is 23.3. The van der Waals surface area contributed by atoms with Gasteiger partial charge in [0, 0.05) is 11.1 Å². The van der Waals surface area contributed by atoms with Crippen molar-refractivity contribution in [3.63, 3.8) is 0 Å². The highest BCUT2D eigenvalue weighted by atomic mass is 16.6. The molecule has 0 aliphatic rings. The topological polar surface area (TPSA) is 61.8 Å². The van der Waals surface area contributed by atoms with Gasteiger partial charge in [0.2, 0.25) is 0 Å². The summed E-state index contributed by atoms with van der Waals surface area (Å²) in [6, 6.07) is 12.9. The lowest BCUT2D eigenvalue weighted by molar-refractivity contribution is -0.135. The largest absolute Gasteiger partial charge is 0.459 e. The average molecular weight is 406 g/mol. The van der Waals surface area contributed by atoms with E-state index >= 15 is 0 Å². The quantitative estimate of drug-likeness (QED) is 0.248. The van der Waals surface area contributed by atoms with Crippen LogP contribution in [0.25, 0.3) is 11.1 Å². The smallest absolute Gasteiger partial charge is 0.338 e. The molecule has 0 unspecified atom stereocenters. The summed E-state index contributed by atoms with van der Waals surface area (Å²) in [5.74, 6) is 1.02. The number of rotatable bonds is 7. The van der Waals surface area contributed by atoms with Gasteiger partial charge in [-0.1, -0.05) is 31.4 Å². The van der Waals surface area contributed by atoms with Crippen LogP contribution in [0.4, 0.5) is 0 Å². The minimum Gasteiger partial charge on any atom is -0.459 e. The molecular weight excluding hydrogens is 380 g/mol. The van der Waals surface area contributed by atoms with Crippen molar-refractivity contribution in [2.75, 3.05) is 0 Å². The van der Waals surface area contributed by atoms with Gasteiger partial charge in [0.05, 0.1) is 0 Å². The highest BCUT2D eigenvalue weighted by molar-refractivity contribution is 5.89. The Morgan fingerprint density at radius 1 is 0.733 bits per heavy atom. The standard InChI is InChI=1S/C25H26O5/c1-15(2)24(26)29-19(7)18(6)28-22-12-13-23(17(5)14-22)20-8-10-21(11-9-20)30-25(27)16(3)4/h8-14H,1,3H2,2,4-7H3. The Kier molecular flexibility index (Phi) is 7.37. The SMILES string of the molecule is C=C(C)C(=O)OC(C)=C(C)Oc1ccc(-c2ccc(OC(=O)C(=C)C)cc2)c(C)c1. The van der Waals surface area contributed by atoms with E-state index in [2.05, 4.69) is 13.2 Å². The molecular formula is C25H26O5. The van der Waals surface area contributed by atoms with Gasteiger partial charge in [0.25, 0.3) is 0 Å². The second-order valence-corrected chi connectivity index (χ2v) is 7.06. The molecule has 0 radical (unpaired) electrons. The van der Waals surface area contributed by atoms with Gasteiger partial charge in [-0.05, 0) is 75.6 Å². The molecule has 0 aliphatic carbocycles. The fraction of sp³-hybridized carbons (Fsp3) is 0.200. The van der Waals surface area contributed by atoms with E-state index in [9.17, 15) is 9.59 Å². The molecule has 5 heteroatoms. The molecule has 0 amide bonds. The van der Waals surface area contributed by atoms with E-state index in [1.807, 2.05) is 37.3 Å². The van der Waals surface area contributed by atoms with Gasteiger partial charge in [-0.2, -0.15) is 0 Å². The monoisotopic (exact) mass is 406 g/mol. The fourth-order valence-electron chi connectivity index (χ4n) is 2.47. The fourth-order valence-corrected chi connectivity index (χ4v) is 2.47. The van der Waals surface area contributed by atoms with Crippen molar-refractivity contribution in [3.8, 4) is 22.6 Å². The predicted octanol–water partition coefficient (Wildman–Crippen LogP) is 5.89. The number of allylic oxidation sites excluding steroid dienone is 2. The van der Waals surface area contributed by atoms with E-state index in [4.69, 9.17) is 14.2 Å². The first-order valence-electron chi connectivity index (χ1n) is 9.40. The van der Waals surface area contributed by atoms with Crippen LogP contribution in [-0.4, -0.2) is 11.9 Å². The van der Waals surface area contributed by atoms with Crippen molar-refractivity contribution in [2.24, 2.45) is 0 Å². The minimum atomic E-state index is -0.487. The van der Waals surface area contributed by atoms with E-state index in [-0.39, 0.29) is 0 Å². The zero-order chi connectivity index (χ0) is 22.4. The molecule has 2 aromatic carbocycles. The van der Waals surface area contributed by atoms with Crippen LogP contribution in [0.3, 0.4) is 0 Å².